The maximum atomic E-state index is 3.93. The molecule has 0 spiro atoms. The molecule has 6 heteroatoms. The van der Waals surface area contributed by atoms with E-state index in [4.69, 9.17) is 0 Å². The van der Waals surface area contributed by atoms with E-state index < -0.39 is 0 Å². The molecule has 26 heavy (non-hydrogen) atoms. The van der Waals surface area contributed by atoms with Crippen LogP contribution in [0.25, 0.3) is 0 Å². The molecule has 1 heterocycles. The Balaban J connectivity index is 0.00000113. The molecule has 0 saturated heterocycles. The van der Waals surface area contributed by atoms with Gasteiger partial charge >= 0.3 is 162 Å². The maximum absolute atomic E-state index is 3.93. The van der Waals surface area contributed by atoms with E-state index in [0.29, 0.717) is 5.92 Å². The number of para-hydroxylation sites is 1. The van der Waals surface area contributed by atoms with E-state index >= 15 is 0 Å². The number of fused-ring (bicyclic) bond motifs is 2. The molecule has 0 N–H and O–H groups in total. The van der Waals surface area contributed by atoms with Crippen LogP contribution in [0.15, 0.2) is 83.9 Å². The Kier molecular flexibility index (Phi) is 8.28. The van der Waals surface area contributed by atoms with Crippen molar-refractivity contribution >= 4 is 21.6 Å². The molecule has 4 rings (SSSR count). The standard InChI is InChI=1S/C20H17BrN.3ClH.Zr/c1-12-9-15-11-18-19(20(21)17(15)10-12)13(2)14(3)22(18)16-7-5-4-6-8-16;;;;/h4-10,19H,1-3H3;3*1H;/q;;;;+3/p-3. The number of anilines is 1. The molecular weight excluding hydrogens is 532 g/mol. The second-order valence-electron chi connectivity index (χ2n) is 6.34. The van der Waals surface area contributed by atoms with Crippen molar-refractivity contribution in [3.8, 4) is 0 Å². The predicted molar refractivity (Wildman–Crippen MR) is 95.6 cm³/mol. The van der Waals surface area contributed by atoms with Gasteiger partial charge in [0.25, 0.3) is 0 Å². The molecule has 1 aromatic carbocycles. The van der Waals surface area contributed by atoms with Crippen LogP contribution in [0, 0.1) is 5.92 Å². The molecule has 1 unspecified atom stereocenters. The van der Waals surface area contributed by atoms with Crippen LogP contribution in [0.1, 0.15) is 20.8 Å². The molecule has 0 saturated carbocycles. The van der Waals surface area contributed by atoms with Gasteiger partial charge in [-0.3, -0.25) is 0 Å². The van der Waals surface area contributed by atoms with Crippen molar-refractivity contribution in [2.75, 3.05) is 4.90 Å². The van der Waals surface area contributed by atoms with Crippen molar-refractivity contribution < 1.29 is 61.9 Å². The van der Waals surface area contributed by atoms with Crippen molar-refractivity contribution in [3.05, 3.63) is 83.9 Å². The third kappa shape index (κ3) is 3.51. The zero-order valence-corrected chi connectivity index (χ0v) is 20.9. The third-order valence-corrected chi connectivity index (χ3v) is 7.11. The van der Waals surface area contributed by atoms with Gasteiger partial charge in [0.05, 0.1) is 0 Å². The van der Waals surface area contributed by atoms with Crippen molar-refractivity contribution in [2.24, 2.45) is 5.92 Å². The number of rotatable bonds is 1. The fraction of sp³-hybridized carbons (Fsp3) is 0.200. The minimum Gasteiger partial charge on any atom is -1.00 e. The zero-order chi connectivity index (χ0) is 16.3. The summed E-state index contributed by atoms with van der Waals surface area (Å²) < 4.78 is 2.80. The zero-order valence-electron chi connectivity index (χ0n) is 14.6. The molecule has 0 bridgehead atoms. The number of nitrogens with zero attached hydrogens (tertiary/aromatic N) is 1. The third-order valence-electron chi connectivity index (χ3n) is 4.94. The van der Waals surface area contributed by atoms with Crippen LogP contribution in [-0.2, 0) is 24.7 Å². The molecule has 0 fully saturated rings. The first-order valence-electron chi connectivity index (χ1n) is 7.79. The summed E-state index contributed by atoms with van der Waals surface area (Å²) in [6.45, 7) is 6.70. The fourth-order valence-corrected chi connectivity index (χ4v) is 5.75. The van der Waals surface area contributed by atoms with Gasteiger partial charge in [0.15, 0.2) is 0 Å². The van der Waals surface area contributed by atoms with E-state index in [-0.39, 0.29) is 37.2 Å². The summed E-state index contributed by atoms with van der Waals surface area (Å²) in [5, 5.41) is 0. The molecule has 3 aliphatic rings. The fourth-order valence-electron chi connectivity index (χ4n) is 3.73. The van der Waals surface area contributed by atoms with E-state index in [1.807, 2.05) is 0 Å². The summed E-state index contributed by atoms with van der Waals surface area (Å²) in [5.74, 6) is 0.360. The Morgan fingerprint density at radius 3 is 2.19 bits per heavy atom. The molecule has 0 amide bonds. The van der Waals surface area contributed by atoms with Crippen molar-refractivity contribution in [1.29, 1.82) is 0 Å². The van der Waals surface area contributed by atoms with Crippen molar-refractivity contribution in [2.45, 2.75) is 20.8 Å². The number of allylic oxidation sites excluding steroid dienone is 8. The molecule has 1 atom stereocenters. The van der Waals surface area contributed by atoms with Crippen molar-refractivity contribution in [1.82, 2.24) is 0 Å². The molecule has 2 aliphatic carbocycles. The van der Waals surface area contributed by atoms with E-state index in [9.17, 15) is 0 Å². The van der Waals surface area contributed by atoms with Gasteiger partial charge in [0.1, 0.15) is 0 Å². The molecule has 134 valence electrons. The molecule has 0 aromatic heterocycles. The molecule has 0 radical (unpaired) electrons. The topological polar surface area (TPSA) is 3.24 Å². The van der Waals surface area contributed by atoms with Gasteiger partial charge in [-0.15, -0.1) is 0 Å². The molecule has 1 aliphatic heterocycles. The SMILES string of the molecule is CC1=CC2=C(Br)C3C(C)=C(C)N(c4ccccc4)C3=[C]([Zr+3])C2=C1.[Cl-].[Cl-].[Cl-]. The Hall–Kier alpha value is -0.0469. The minimum atomic E-state index is 0. The van der Waals surface area contributed by atoms with Gasteiger partial charge in [-0.2, -0.15) is 0 Å². The van der Waals surface area contributed by atoms with E-state index in [2.05, 4.69) is 84.1 Å². The summed E-state index contributed by atoms with van der Waals surface area (Å²) in [5.41, 5.74) is 9.63. The van der Waals surface area contributed by atoms with Crippen LogP contribution in [0.2, 0.25) is 0 Å². The van der Waals surface area contributed by atoms with Gasteiger partial charge in [-0.1, -0.05) is 0 Å². The van der Waals surface area contributed by atoms with Crippen LogP contribution in [0.3, 0.4) is 0 Å². The first-order chi connectivity index (χ1) is 11.0. The normalized spacial score (nSPS) is 20.7. The summed E-state index contributed by atoms with van der Waals surface area (Å²) >= 11 is 5.41. The summed E-state index contributed by atoms with van der Waals surface area (Å²) in [6, 6.07) is 10.7. The Morgan fingerprint density at radius 1 is 0.962 bits per heavy atom. The molecule has 1 nitrogen and oxygen atoms in total. The van der Waals surface area contributed by atoms with Gasteiger partial charge in [0.2, 0.25) is 0 Å². The van der Waals surface area contributed by atoms with Crippen molar-refractivity contribution in [3.63, 3.8) is 0 Å². The molecular formula is C20H17BrCl3NZr. The first-order valence-corrected chi connectivity index (χ1v) is 9.81. The quantitative estimate of drug-likeness (QED) is 0.356. The number of hydrogen-bond donors (Lipinski definition) is 0. The second-order valence-corrected chi connectivity index (χ2v) is 8.42. The Bertz CT molecular complexity index is 882. The Labute approximate surface area is 197 Å². The minimum absolute atomic E-state index is 0. The number of hydrogen-bond acceptors (Lipinski definition) is 1. The Morgan fingerprint density at radius 2 is 1.58 bits per heavy atom. The average Bonchev–Trinajstić information content (AvgIpc) is 3.06. The van der Waals surface area contributed by atoms with Crippen LogP contribution in [0.4, 0.5) is 5.69 Å². The van der Waals surface area contributed by atoms with Gasteiger partial charge < -0.3 is 37.2 Å². The monoisotopic (exact) mass is 545 g/mol. The summed E-state index contributed by atoms with van der Waals surface area (Å²) in [7, 11) is 0. The predicted octanol–water partition coefficient (Wildman–Crippen LogP) is -3.26. The van der Waals surface area contributed by atoms with E-state index in [1.165, 1.54) is 71.9 Å². The van der Waals surface area contributed by atoms with Crippen LogP contribution in [0.5, 0.6) is 0 Å². The smallest absolute Gasteiger partial charge is 1.00 e. The van der Waals surface area contributed by atoms with Crippen LogP contribution >= 0.6 is 15.9 Å². The van der Waals surface area contributed by atoms with Gasteiger partial charge in [-0.25, -0.2) is 0 Å². The second kappa shape index (κ2) is 8.97. The van der Waals surface area contributed by atoms with Crippen LogP contribution < -0.4 is 42.1 Å². The maximum Gasteiger partial charge on any atom is -1.00 e. The average molecular weight is 549 g/mol. The summed E-state index contributed by atoms with van der Waals surface area (Å²) in [4.78, 5) is 2.45. The van der Waals surface area contributed by atoms with Gasteiger partial charge in [0, 0.05) is 0 Å². The first kappa shape index (κ1) is 24.0. The van der Waals surface area contributed by atoms with Crippen LogP contribution in [-0.4, -0.2) is 0 Å². The largest absolute Gasteiger partial charge is 1.00 e. The van der Waals surface area contributed by atoms with E-state index in [1.54, 1.807) is 0 Å². The number of halogens is 4. The summed E-state index contributed by atoms with van der Waals surface area (Å²) in [6.07, 6.45) is 4.64. The van der Waals surface area contributed by atoms with E-state index in [0.717, 1.165) is 0 Å². The van der Waals surface area contributed by atoms with Gasteiger partial charge in [-0.05, 0) is 0 Å². The number of benzene rings is 1. The molecule has 1 aromatic rings.